The molecule has 2 amide bonds. The van der Waals surface area contributed by atoms with E-state index in [1.54, 1.807) is 4.90 Å². The topological polar surface area (TPSA) is 70.1 Å². The van der Waals surface area contributed by atoms with Crippen molar-refractivity contribution in [2.45, 2.75) is 52.1 Å². The molecular weight excluding hydrogens is 296 g/mol. The van der Waals surface area contributed by atoms with Crippen molar-refractivity contribution in [3.8, 4) is 0 Å². The van der Waals surface area contributed by atoms with Crippen molar-refractivity contribution in [1.29, 1.82) is 0 Å². The van der Waals surface area contributed by atoms with Gasteiger partial charge in [-0.3, -0.25) is 4.79 Å². The summed E-state index contributed by atoms with van der Waals surface area (Å²) >= 11 is 0. The van der Waals surface area contributed by atoms with Crippen LogP contribution < -0.4 is 0 Å². The second-order valence-corrected chi connectivity index (χ2v) is 7.82. The van der Waals surface area contributed by atoms with E-state index < -0.39 is 5.60 Å². The second-order valence-electron chi connectivity index (χ2n) is 7.82. The molecule has 2 aliphatic heterocycles. The smallest absolute Gasteiger partial charge is 0.410 e. The highest BCUT2D eigenvalue weighted by atomic mass is 16.6. The zero-order valence-corrected chi connectivity index (χ0v) is 14.6. The second kappa shape index (κ2) is 7.51. The Bertz CT molecular complexity index is 433. The normalized spacial score (nSPS) is 25.8. The van der Waals surface area contributed by atoms with Gasteiger partial charge in [0.1, 0.15) is 5.60 Å². The van der Waals surface area contributed by atoms with Crippen LogP contribution in [0, 0.1) is 11.8 Å². The van der Waals surface area contributed by atoms with E-state index in [9.17, 15) is 14.7 Å². The van der Waals surface area contributed by atoms with Gasteiger partial charge in [-0.15, -0.1) is 0 Å². The van der Waals surface area contributed by atoms with Crippen molar-refractivity contribution in [1.82, 2.24) is 9.80 Å². The minimum absolute atomic E-state index is 0.0814. The first kappa shape index (κ1) is 18.0. The molecule has 2 saturated heterocycles. The standard InChI is InChI=1S/C17H30N2O4/c1-17(2,3)23-16(22)19-7-4-5-13(10-19)6-8-18-11-14(12-20)9-15(18)21/h13-14,20H,4-12H2,1-3H3. The fourth-order valence-electron chi connectivity index (χ4n) is 3.32. The predicted octanol–water partition coefficient (Wildman–Crippen LogP) is 1.86. The minimum atomic E-state index is -0.467. The molecule has 0 saturated carbocycles. The van der Waals surface area contributed by atoms with Gasteiger partial charge < -0.3 is 19.6 Å². The summed E-state index contributed by atoms with van der Waals surface area (Å²) in [5.74, 6) is 0.647. The van der Waals surface area contributed by atoms with Crippen LogP contribution in [-0.4, -0.2) is 65.3 Å². The molecule has 0 aliphatic carbocycles. The molecule has 0 spiro atoms. The SMILES string of the molecule is CC(C)(C)OC(=O)N1CCCC(CCN2CC(CO)CC2=O)C1. The minimum Gasteiger partial charge on any atom is -0.444 e. The first-order chi connectivity index (χ1) is 10.8. The molecule has 2 aliphatic rings. The maximum atomic E-state index is 12.2. The number of ether oxygens (including phenoxy) is 1. The Labute approximate surface area is 138 Å². The lowest BCUT2D eigenvalue weighted by Crippen LogP contribution is -2.43. The molecule has 0 bridgehead atoms. The molecule has 2 heterocycles. The maximum absolute atomic E-state index is 12.2. The van der Waals surface area contributed by atoms with Gasteiger partial charge in [0.15, 0.2) is 0 Å². The van der Waals surface area contributed by atoms with E-state index >= 15 is 0 Å². The van der Waals surface area contributed by atoms with Crippen LogP contribution >= 0.6 is 0 Å². The van der Waals surface area contributed by atoms with Crippen LogP contribution in [0.1, 0.15) is 46.5 Å². The van der Waals surface area contributed by atoms with Gasteiger partial charge in [0.2, 0.25) is 5.91 Å². The maximum Gasteiger partial charge on any atom is 0.410 e. The highest BCUT2D eigenvalue weighted by Crippen LogP contribution is 2.24. The lowest BCUT2D eigenvalue weighted by molar-refractivity contribution is -0.128. The number of rotatable bonds is 4. The number of carbonyl (C=O) groups is 2. The molecular formula is C17H30N2O4. The predicted molar refractivity (Wildman–Crippen MR) is 86.9 cm³/mol. The molecule has 0 aromatic rings. The third kappa shape index (κ3) is 5.37. The van der Waals surface area contributed by atoms with Crippen molar-refractivity contribution in [2.24, 2.45) is 11.8 Å². The number of nitrogens with zero attached hydrogens (tertiary/aromatic N) is 2. The highest BCUT2D eigenvalue weighted by Gasteiger charge is 2.31. The number of carbonyl (C=O) groups excluding carboxylic acids is 2. The Morgan fingerprint density at radius 3 is 2.65 bits per heavy atom. The molecule has 1 N–H and O–H groups in total. The number of hydrogen-bond acceptors (Lipinski definition) is 4. The molecule has 2 unspecified atom stereocenters. The Morgan fingerprint density at radius 2 is 2.04 bits per heavy atom. The van der Waals surface area contributed by atoms with Crippen molar-refractivity contribution in [3.05, 3.63) is 0 Å². The first-order valence-corrected chi connectivity index (χ1v) is 8.65. The molecule has 0 aromatic carbocycles. The zero-order valence-electron chi connectivity index (χ0n) is 14.6. The van der Waals surface area contributed by atoms with Gasteiger partial charge in [-0.2, -0.15) is 0 Å². The molecule has 23 heavy (non-hydrogen) atoms. The van der Waals surface area contributed by atoms with E-state index in [4.69, 9.17) is 4.74 Å². The third-order valence-electron chi connectivity index (χ3n) is 4.53. The number of hydrogen-bond donors (Lipinski definition) is 1. The number of aliphatic hydroxyl groups excluding tert-OH is 1. The molecule has 6 heteroatoms. The molecule has 6 nitrogen and oxygen atoms in total. The molecule has 132 valence electrons. The summed E-state index contributed by atoms with van der Waals surface area (Å²) < 4.78 is 5.44. The van der Waals surface area contributed by atoms with Gasteiger partial charge in [0, 0.05) is 45.1 Å². The van der Waals surface area contributed by atoms with E-state index in [0.29, 0.717) is 25.4 Å². The number of amides is 2. The average molecular weight is 326 g/mol. The Hall–Kier alpha value is -1.30. The Morgan fingerprint density at radius 1 is 1.30 bits per heavy atom. The van der Waals surface area contributed by atoms with Crippen LogP contribution in [0.25, 0.3) is 0 Å². The number of likely N-dealkylation sites (tertiary alicyclic amines) is 2. The Kier molecular flexibility index (Phi) is 5.89. The molecule has 2 atom stereocenters. The fourth-order valence-corrected chi connectivity index (χ4v) is 3.32. The van der Waals surface area contributed by atoms with Crippen LogP contribution in [-0.2, 0) is 9.53 Å². The monoisotopic (exact) mass is 326 g/mol. The molecule has 0 aromatic heterocycles. The van der Waals surface area contributed by atoms with Crippen LogP contribution in [0.3, 0.4) is 0 Å². The lowest BCUT2D eigenvalue weighted by Gasteiger charge is -2.34. The van der Waals surface area contributed by atoms with Gasteiger partial charge in [-0.1, -0.05) is 0 Å². The van der Waals surface area contributed by atoms with Crippen molar-refractivity contribution in [3.63, 3.8) is 0 Å². The first-order valence-electron chi connectivity index (χ1n) is 8.65. The van der Waals surface area contributed by atoms with Gasteiger partial charge in [-0.05, 0) is 46.0 Å². The van der Waals surface area contributed by atoms with Crippen LogP contribution in [0.15, 0.2) is 0 Å². The van der Waals surface area contributed by atoms with E-state index in [1.807, 2.05) is 25.7 Å². The fraction of sp³-hybridized carbons (Fsp3) is 0.882. The van der Waals surface area contributed by atoms with E-state index in [0.717, 1.165) is 32.4 Å². The quantitative estimate of drug-likeness (QED) is 0.856. The summed E-state index contributed by atoms with van der Waals surface area (Å²) in [5.41, 5.74) is -0.467. The number of aliphatic hydroxyl groups is 1. The zero-order chi connectivity index (χ0) is 17.0. The van der Waals surface area contributed by atoms with Crippen LogP contribution in [0.5, 0.6) is 0 Å². The van der Waals surface area contributed by atoms with Crippen LogP contribution in [0.2, 0.25) is 0 Å². The molecule has 2 rings (SSSR count). The summed E-state index contributed by atoms with van der Waals surface area (Å²) in [4.78, 5) is 27.7. The third-order valence-corrected chi connectivity index (χ3v) is 4.53. The highest BCUT2D eigenvalue weighted by molar-refractivity contribution is 5.78. The summed E-state index contributed by atoms with van der Waals surface area (Å²) in [7, 11) is 0. The van der Waals surface area contributed by atoms with Gasteiger partial charge in [0.05, 0.1) is 0 Å². The van der Waals surface area contributed by atoms with Gasteiger partial charge in [-0.25, -0.2) is 4.79 Å². The van der Waals surface area contributed by atoms with Crippen molar-refractivity contribution < 1.29 is 19.4 Å². The van der Waals surface area contributed by atoms with Crippen LogP contribution in [0.4, 0.5) is 4.79 Å². The van der Waals surface area contributed by atoms with Crippen molar-refractivity contribution >= 4 is 12.0 Å². The summed E-state index contributed by atoms with van der Waals surface area (Å²) in [6, 6.07) is 0. The summed E-state index contributed by atoms with van der Waals surface area (Å²) in [5, 5.41) is 9.17. The largest absolute Gasteiger partial charge is 0.444 e. The average Bonchev–Trinajstić information content (AvgIpc) is 2.84. The molecule has 0 radical (unpaired) electrons. The summed E-state index contributed by atoms with van der Waals surface area (Å²) in [6.07, 6.45) is 3.20. The Balaban J connectivity index is 1.78. The molecule has 2 fully saturated rings. The summed E-state index contributed by atoms with van der Waals surface area (Å²) in [6.45, 7) is 8.56. The van der Waals surface area contributed by atoms with Gasteiger partial charge >= 0.3 is 6.09 Å². The van der Waals surface area contributed by atoms with Crippen molar-refractivity contribution in [2.75, 3.05) is 32.8 Å². The lowest BCUT2D eigenvalue weighted by atomic mass is 9.95. The van der Waals surface area contributed by atoms with E-state index in [1.165, 1.54) is 0 Å². The van der Waals surface area contributed by atoms with E-state index in [2.05, 4.69) is 0 Å². The van der Waals surface area contributed by atoms with E-state index in [-0.39, 0.29) is 24.5 Å². The number of piperidine rings is 1. The van der Waals surface area contributed by atoms with Gasteiger partial charge in [0.25, 0.3) is 0 Å².